The minimum atomic E-state index is 0.618. The van der Waals surface area contributed by atoms with Gasteiger partial charge >= 0.3 is 0 Å². The normalized spacial score (nSPS) is 10.4. The van der Waals surface area contributed by atoms with Crippen LogP contribution in [0.2, 0.25) is 0 Å². The van der Waals surface area contributed by atoms with Crippen LogP contribution in [0, 0.1) is 5.92 Å². The fourth-order valence-electron chi connectivity index (χ4n) is 1.09. The Hall–Kier alpha value is -1.32. The molecule has 4 heteroatoms. The van der Waals surface area contributed by atoms with E-state index in [1.54, 1.807) is 6.20 Å². The van der Waals surface area contributed by atoms with Crippen LogP contribution in [0.25, 0.3) is 0 Å². The van der Waals surface area contributed by atoms with Crippen LogP contribution in [-0.4, -0.2) is 23.1 Å². The summed E-state index contributed by atoms with van der Waals surface area (Å²) in [6.45, 7) is 8.31. The molecule has 4 nitrogen and oxygen atoms in total. The molecule has 0 unspecified atom stereocenters. The third kappa shape index (κ3) is 4.63. The molecule has 0 aromatic carbocycles. The molecular weight excluding hydrogens is 188 g/mol. The van der Waals surface area contributed by atoms with E-state index in [4.69, 9.17) is 0 Å². The van der Waals surface area contributed by atoms with Gasteiger partial charge in [-0.3, -0.25) is 0 Å². The zero-order valence-corrected chi connectivity index (χ0v) is 9.75. The summed E-state index contributed by atoms with van der Waals surface area (Å²) in [5.41, 5.74) is 0. The predicted octanol–water partition coefficient (Wildman–Crippen LogP) is 2.37. The lowest BCUT2D eigenvalue weighted by Gasteiger charge is -2.09. The van der Waals surface area contributed by atoms with Gasteiger partial charge in [-0.05, 0) is 18.4 Å². The van der Waals surface area contributed by atoms with Crippen LogP contribution in [0.15, 0.2) is 12.3 Å². The zero-order valence-electron chi connectivity index (χ0n) is 9.75. The molecule has 0 aliphatic heterocycles. The minimum Gasteiger partial charge on any atom is -0.370 e. The molecule has 1 rings (SSSR count). The summed E-state index contributed by atoms with van der Waals surface area (Å²) in [4.78, 5) is 8.49. The van der Waals surface area contributed by atoms with Gasteiger partial charge in [-0.1, -0.05) is 20.8 Å². The topological polar surface area (TPSA) is 49.8 Å². The van der Waals surface area contributed by atoms with Gasteiger partial charge in [-0.15, -0.1) is 0 Å². The first-order valence-electron chi connectivity index (χ1n) is 5.53. The van der Waals surface area contributed by atoms with Crippen molar-refractivity contribution in [2.24, 2.45) is 5.92 Å². The molecule has 1 aromatic heterocycles. The highest BCUT2D eigenvalue weighted by molar-refractivity contribution is 5.39. The third-order valence-corrected chi connectivity index (χ3v) is 1.88. The van der Waals surface area contributed by atoms with E-state index in [0.29, 0.717) is 11.9 Å². The number of nitrogens with zero attached hydrogens (tertiary/aromatic N) is 2. The molecule has 0 bridgehead atoms. The molecule has 0 fully saturated rings. The number of nitrogens with one attached hydrogen (secondary N) is 2. The average molecular weight is 208 g/mol. The number of rotatable bonds is 6. The van der Waals surface area contributed by atoms with Crippen molar-refractivity contribution in [3.8, 4) is 0 Å². The molecule has 15 heavy (non-hydrogen) atoms. The van der Waals surface area contributed by atoms with Gasteiger partial charge in [0.15, 0.2) is 0 Å². The van der Waals surface area contributed by atoms with Crippen molar-refractivity contribution in [1.82, 2.24) is 9.97 Å². The fraction of sp³-hybridized carbons (Fsp3) is 0.636. The molecule has 0 atom stereocenters. The zero-order chi connectivity index (χ0) is 11.1. The number of hydrogen-bond donors (Lipinski definition) is 2. The first-order chi connectivity index (χ1) is 7.22. The van der Waals surface area contributed by atoms with Crippen LogP contribution in [0.1, 0.15) is 27.2 Å². The monoisotopic (exact) mass is 208 g/mol. The summed E-state index contributed by atoms with van der Waals surface area (Å²) in [5.74, 6) is 2.20. The van der Waals surface area contributed by atoms with Crippen LogP contribution in [-0.2, 0) is 0 Å². The lowest BCUT2D eigenvalue weighted by Crippen LogP contribution is -2.11. The van der Waals surface area contributed by atoms with Crippen LogP contribution in [0.3, 0.4) is 0 Å². The molecule has 1 heterocycles. The molecule has 0 spiro atoms. The first kappa shape index (κ1) is 11.8. The maximum atomic E-state index is 4.35. The second-order valence-corrected chi connectivity index (χ2v) is 3.97. The van der Waals surface area contributed by atoms with E-state index in [1.165, 1.54) is 0 Å². The molecule has 0 aliphatic carbocycles. The summed E-state index contributed by atoms with van der Waals surface area (Å²) in [6.07, 6.45) is 2.85. The highest BCUT2D eigenvalue weighted by atomic mass is 15.1. The Bertz CT molecular complexity index is 286. The molecular formula is C11H20N4. The van der Waals surface area contributed by atoms with Crippen molar-refractivity contribution < 1.29 is 0 Å². The van der Waals surface area contributed by atoms with E-state index < -0.39 is 0 Å². The summed E-state index contributed by atoms with van der Waals surface area (Å²) >= 11 is 0. The van der Waals surface area contributed by atoms with Crippen molar-refractivity contribution in [1.29, 1.82) is 0 Å². The van der Waals surface area contributed by atoms with Gasteiger partial charge in [-0.2, -0.15) is 4.98 Å². The molecule has 0 amide bonds. The Kier molecular flexibility index (Phi) is 4.87. The highest BCUT2D eigenvalue weighted by Crippen LogP contribution is 2.06. The summed E-state index contributed by atoms with van der Waals surface area (Å²) in [7, 11) is 0. The molecule has 0 radical (unpaired) electrons. The largest absolute Gasteiger partial charge is 0.370 e. The smallest absolute Gasteiger partial charge is 0.224 e. The van der Waals surface area contributed by atoms with Crippen molar-refractivity contribution in [2.75, 3.05) is 23.7 Å². The predicted molar refractivity (Wildman–Crippen MR) is 64.1 cm³/mol. The number of hydrogen-bond acceptors (Lipinski definition) is 4. The van der Waals surface area contributed by atoms with E-state index in [2.05, 4.69) is 41.4 Å². The fourth-order valence-corrected chi connectivity index (χ4v) is 1.09. The number of anilines is 2. The minimum absolute atomic E-state index is 0.618. The summed E-state index contributed by atoms with van der Waals surface area (Å²) < 4.78 is 0. The summed E-state index contributed by atoms with van der Waals surface area (Å²) in [6, 6.07) is 1.89. The Morgan fingerprint density at radius 3 is 2.80 bits per heavy atom. The van der Waals surface area contributed by atoms with Crippen molar-refractivity contribution >= 4 is 11.8 Å². The molecule has 1 aromatic rings. The third-order valence-electron chi connectivity index (χ3n) is 1.88. The molecule has 0 saturated carbocycles. The van der Waals surface area contributed by atoms with E-state index in [0.717, 1.165) is 25.3 Å². The van der Waals surface area contributed by atoms with Gasteiger partial charge in [0, 0.05) is 19.3 Å². The van der Waals surface area contributed by atoms with Gasteiger partial charge in [0.05, 0.1) is 0 Å². The van der Waals surface area contributed by atoms with Crippen molar-refractivity contribution in [3.05, 3.63) is 12.3 Å². The maximum Gasteiger partial charge on any atom is 0.224 e. The van der Waals surface area contributed by atoms with E-state index in [-0.39, 0.29) is 0 Å². The van der Waals surface area contributed by atoms with Crippen molar-refractivity contribution in [2.45, 2.75) is 27.2 Å². The van der Waals surface area contributed by atoms with Gasteiger partial charge in [0.1, 0.15) is 5.82 Å². The second kappa shape index (κ2) is 6.22. The van der Waals surface area contributed by atoms with Crippen LogP contribution >= 0.6 is 0 Å². The molecule has 0 aliphatic rings. The van der Waals surface area contributed by atoms with Crippen LogP contribution in [0.4, 0.5) is 11.8 Å². The van der Waals surface area contributed by atoms with Gasteiger partial charge in [-0.25, -0.2) is 4.98 Å². The molecule has 2 N–H and O–H groups in total. The van der Waals surface area contributed by atoms with E-state index >= 15 is 0 Å². The van der Waals surface area contributed by atoms with Gasteiger partial charge < -0.3 is 10.6 Å². The summed E-state index contributed by atoms with van der Waals surface area (Å²) in [5, 5.41) is 6.43. The Balaban J connectivity index is 2.50. The Labute approximate surface area is 91.5 Å². The Morgan fingerprint density at radius 1 is 1.33 bits per heavy atom. The van der Waals surface area contributed by atoms with Crippen molar-refractivity contribution in [3.63, 3.8) is 0 Å². The van der Waals surface area contributed by atoms with E-state index in [9.17, 15) is 0 Å². The lowest BCUT2D eigenvalue weighted by molar-refractivity contribution is 0.687. The molecule has 0 saturated heterocycles. The maximum absolute atomic E-state index is 4.35. The number of aromatic nitrogens is 2. The molecule has 84 valence electrons. The highest BCUT2D eigenvalue weighted by Gasteiger charge is 1.98. The quantitative estimate of drug-likeness (QED) is 0.753. The second-order valence-electron chi connectivity index (χ2n) is 3.97. The lowest BCUT2D eigenvalue weighted by atomic mass is 10.2. The van der Waals surface area contributed by atoms with E-state index in [1.807, 2.05) is 6.07 Å². The Morgan fingerprint density at radius 2 is 2.13 bits per heavy atom. The van der Waals surface area contributed by atoms with Crippen LogP contribution < -0.4 is 10.6 Å². The first-order valence-corrected chi connectivity index (χ1v) is 5.53. The van der Waals surface area contributed by atoms with Gasteiger partial charge in [0.25, 0.3) is 0 Å². The SMILES string of the molecule is CCCNc1nccc(NCC(C)C)n1. The van der Waals surface area contributed by atoms with Gasteiger partial charge in [0.2, 0.25) is 5.95 Å². The standard InChI is InChI=1S/C11H20N4/c1-4-6-12-11-13-7-5-10(15-11)14-8-9(2)3/h5,7,9H,4,6,8H2,1-3H3,(H2,12,13,14,15). The van der Waals surface area contributed by atoms with Crippen LogP contribution in [0.5, 0.6) is 0 Å². The average Bonchev–Trinajstić information content (AvgIpc) is 2.24.